The van der Waals surface area contributed by atoms with Crippen LogP contribution in [-0.4, -0.2) is 22.4 Å². The van der Waals surface area contributed by atoms with Crippen molar-refractivity contribution in [1.82, 2.24) is 0 Å². The number of ether oxygens (including phenoxy) is 1. The Labute approximate surface area is 83.0 Å². The van der Waals surface area contributed by atoms with Crippen LogP contribution in [-0.2, 0) is 0 Å². The third kappa shape index (κ3) is 1.34. The summed E-state index contributed by atoms with van der Waals surface area (Å²) >= 11 is 0. The standard InChI is InChI=1S/C11H14O3/c1-11(2,13)7-6-14-9-5-3-4-8(12)10(7)9/h3-5,7,12-13H,6H2,1-2H3. The van der Waals surface area contributed by atoms with Crippen molar-refractivity contribution >= 4 is 0 Å². The molecule has 1 heterocycles. The average Bonchev–Trinajstić information content (AvgIpc) is 2.47. The van der Waals surface area contributed by atoms with Crippen molar-refractivity contribution in [2.45, 2.75) is 25.4 Å². The van der Waals surface area contributed by atoms with Gasteiger partial charge in [-0.2, -0.15) is 0 Å². The molecular weight excluding hydrogens is 180 g/mol. The second-order valence-corrected chi connectivity index (χ2v) is 4.21. The molecule has 3 heteroatoms. The summed E-state index contributed by atoms with van der Waals surface area (Å²) < 4.78 is 5.40. The van der Waals surface area contributed by atoms with Gasteiger partial charge in [-0.25, -0.2) is 0 Å². The van der Waals surface area contributed by atoms with Gasteiger partial charge in [0, 0.05) is 5.56 Å². The fourth-order valence-corrected chi connectivity index (χ4v) is 1.82. The summed E-state index contributed by atoms with van der Waals surface area (Å²) in [6.45, 7) is 3.88. The predicted octanol–water partition coefficient (Wildman–Crippen LogP) is 1.64. The van der Waals surface area contributed by atoms with Gasteiger partial charge in [0.1, 0.15) is 11.5 Å². The van der Waals surface area contributed by atoms with E-state index in [4.69, 9.17) is 4.74 Å². The van der Waals surface area contributed by atoms with Crippen LogP contribution in [0, 0.1) is 0 Å². The summed E-state index contributed by atoms with van der Waals surface area (Å²) in [5, 5.41) is 19.6. The van der Waals surface area contributed by atoms with Crippen LogP contribution in [0.4, 0.5) is 0 Å². The first-order chi connectivity index (χ1) is 6.50. The van der Waals surface area contributed by atoms with Gasteiger partial charge in [-0.1, -0.05) is 6.07 Å². The van der Waals surface area contributed by atoms with E-state index >= 15 is 0 Å². The molecule has 0 aromatic heterocycles. The molecule has 14 heavy (non-hydrogen) atoms. The summed E-state index contributed by atoms with van der Waals surface area (Å²) in [5.74, 6) is 0.725. The number of aliphatic hydroxyl groups is 1. The molecule has 0 aliphatic carbocycles. The summed E-state index contributed by atoms with van der Waals surface area (Å²) in [7, 11) is 0. The fourth-order valence-electron chi connectivity index (χ4n) is 1.82. The SMILES string of the molecule is CC(C)(O)C1COc2cccc(O)c21. The van der Waals surface area contributed by atoms with Gasteiger partial charge < -0.3 is 14.9 Å². The molecular formula is C11H14O3. The highest BCUT2D eigenvalue weighted by Crippen LogP contribution is 2.44. The van der Waals surface area contributed by atoms with Gasteiger partial charge >= 0.3 is 0 Å². The van der Waals surface area contributed by atoms with E-state index in [1.54, 1.807) is 32.0 Å². The molecule has 1 unspecified atom stereocenters. The Morgan fingerprint density at radius 3 is 2.79 bits per heavy atom. The number of fused-ring (bicyclic) bond motifs is 1. The maximum atomic E-state index is 9.90. The molecule has 3 nitrogen and oxygen atoms in total. The largest absolute Gasteiger partial charge is 0.508 e. The van der Waals surface area contributed by atoms with E-state index in [1.807, 2.05) is 0 Å². The molecule has 1 atom stereocenters. The zero-order valence-electron chi connectivity index (χ0n) is 8.32. The van der Waals surface area contributed by atoms with Crippen molar-refractivity contribution < 1.29 is 14.9 Å². The lowest BCUT2D eigenvalue weighted by atomic mass is 9.86. The first-order valence-corrected chi connectivity index (χ1v) is 4.67. The zero-order valence-corrected chi connectivity index (χ0v) is 8.32. The fraction of sp³-hybridized carbons (Fsp3) is 0.455. The van der Waals surface area contributed by atoms with Crippen LogP contribution in [0.1, 0.15) is 25.3 Å². The average molecular weight is 194 g/mol. The molecule has 1 aliphatic heterocycles. The van der Waals surface area contributed by atoms with Crippen LogP contribution in [0.3, 0.4) is 0 Å². The van der Waals surface area contributed by atoms with E-state index in [2.05, 4.69) is 0 Å². The normalized spacial score (nSPS) is 20.4. The highest BCUT2D eigenvalue weighted by Gasteiger charge is 2.37. The van der Waals surface area contributed by atoms with E-state index in [0.29, 0.717) is 12.4 Å². The lowest BCUT2D eigenvalue weighted by molar-refractivity contribution is 0.0416. The monoisotopic (exact) mass is 194 g/mol. The zero-order chi connectivity index (χ0) is 10.3. The van der Waals surface area contributed by atoms with Crippen molar-refractivity contribution in [3.63, 3.8) is 0 Å². The summed E-state index contributed by atoms with van der Waals surface area (Å²) in [6.07, 6.45) is 0. The molecule has 0 fully saturated rings. The topological polar surface area (TPSA) is 49.7 Å². The molecule has 76 valence electrons. The Kier molecular flexibility index (Phi) is 1.93. The van der Waals surface area contributed by atoms with E-state index in [0.717, 1.165) is 5.56 Å². The van der Waals surface area contributed by atoms with Crippen LogP contribution in [0.15, 0.2) is 18.2 Å². The molecule has 0 bridgehead atoms. The van der Waals surface area contributed by atoms with Crippen molar-refractivity contribution in [1.29, 1.82) is 0 Å². The van der Waals surface area contributed by atoms with Gasteiger partial charge in [0.25, 0.3) is 0 Å². The number of rotatable bonds is 1. The Balaban J connectivity index is 2.48. The molecule has 0 radical (unpaired) electrons. The summed E-state index contributed by atoms with van der Waals surface area (Å²) in [6, 6.07) is 5.16. The Morgan fingerprint density at radius 1 is 1.43 bits per heavy atom. The third-order valence-corrected chi connectivity index (χ3v) is 2.65. The number of hydrogen-bond acceptors (Lipinski definition) is 3. The van der Waals surface area contributed by atoms with Crippen molar-refractivity contribution in [3.05, 3.63) is 23.8 Å². The Morgan fingerprint density at radius 2 is 2.14 bits per heavy atom. The smallest absolute Gasteiger partial charge is 0.126 e. The van der Waals surface area contributed by atoms with Crippen molar-refractivity contribution in [3.8, 4) is 11.5 Å². The van der Waals surface area contributed by atoms with E-state index < -0.39 is 5.60 Å². The lowest BCUT2D eigenvalue weighted by Crippen LogP contribution is -2.29. The quantitative estimate of drug-likeness (QED) is 0.714. The minimum atomic E-state index is -0.871. The van der Waals surface area contributed by atoms with E-state index in [9.17, 15) is 10.2 Å². The van der Waals surface area contributed by atoms with Crippen LogP contribution in [0.2, 0.25) is 0 Å². The Bertz CT molecular complexity index is 352. The Hall–Kier alpha value is -1.22. The predicted molar refractivity (Wildman–Crippen MR) is 52.6 cm³/mol. The van der Waals surface area contributed by atoms with Crippen LogP contribution >= 0.6 is 0 Å². The number of phenols is 1. The summed E-state index contributed by atoms with van der Waals surface area (Å²) in [5.41, 5.74) is -0.149. The molecule has 2 rings (SSSR count). The first-order valence-electron chi connectivity index (χ1n) is 4.67. The maximum absolute atomic E-state index is 9.90. The molecule has 2 N–H and O–H groups in total. The van der Waals surface area contributed by atoms with Gasteiger partial charge in [-0.3, -0.25) is 0 Å². The second-order valence-electron chi connectivity index (χ2n) is 4.21. The molecule has 0 saturated carbocycles. The molecule has 0 saturated heterocycles. The van der Waals surface area contributed by atoms with Crippen molar-refractivity contribution in [2.75, 3.05) is 6.61 Å². The first kappa shape index (κ1) is 9.34. The maximum Gasteiger partial charge on any atom is 0.126 e. The number of aromatic hydroxyl groups is 1. The molecule has 1 aromatic rings. The van der Waals surface area contributed by atoms with E-state index in [1.165, 1.54) is 0 Å². The van der Waals surface area contributed by atoms with Gasteiger partial charge in [-0.15, -0.1) is 0 Å². The lowest BCUT2D eigenvalue weighted by Gasteiger charge is -2.24. The third-order valence-electron chi connectivity index (χ3n) is 2.65. The van der Waals surface area contributed by atoms with Crippen LogP contribution in [0.25, 0.3) is 0 Å². The number of hydrogen-bond donors (Lipinski definition) is 2. The molecule has 0 amide bonds. The van der Waals surface area contributed by atoms with Crippen molar-refractivity contribution in [2.24, 2.45) is 0 Å². The van der Waals surface area contributed by atoms with Crippen LogP contribution in [0.5, 0.6) is 11.5 Å². The number of phenolic OH excluding ortho intramolecular Hbond substituents is 1. The van der Waals surface area contributed by atoms with Gasteiger partial charge in [0.15, 0.2) is 0 Å². The highest BCUT2D eigenvalue weighted by molar-refractivity contribution is 5.50. The van der Waals surface area contributed by atoms with Gasteiger partial charge in [0.2, 0.25) is 0 Å². The van der Waals surface area contributed by atoms with Gasteiger partial charge in [-0.05, 0) is 26.0 Å². The van der Waals surface area contributed by atoms with E-state index in [-0.39, 0.29) is 11.7 Å². The minimum absolute atomic E-state index is 0.154. The molecule has 0 spiro atoms. The minimum Gasteiger partial charge on any atom is -0.508 e. The highest BCUT2D eigenvalue weighted by atomic mass is 16.5. The molecule has 1 aliphatic rings. The van der Waals surface area contributed by atoms with Gasteiger partial charge in [0.05, 0.1) is 18.1 Å². The van der Waals surface area contributed by atoms with Crippen LogP contribution < -0.4 is 4.74 Å². The number of benzene rings is 1. The summed E-state index contributed by atoms with van der Waals surface area (Å²) in [4.78, 5) is 0. The second kappa shape index (κ2) is 2.89. The molecule has 1 aromatic carbocycles.